The molecular formula is C15H20N4O2. The summed E-state index contributed by atoms with van der Waals surface area (Å²) in [5.74, 6) is 0.188. The second kappa shape index (κ2) is 5.81. The Morgan fingerprint density at radius 1 is 1.29 bits per heavy atom. The second-order valence-corrected chi connectivity index (χ2v) is 5.62. The molecular weight excluding hydrogens is 268 g/mol. The number of nitrogens with zero attached hydrogens (tertiary/aromatic N) is 4. The topological polar surface area (TPSA) is 69.0 Å². The second-order valence-electron chi connectivity index (χ2n) is 5.62. The molecule has 0 radical (unpaired) electrons. The maximum absolute atomic E-state index is 10.7. The quantitative estimate of drug-likeness (QED) is 0.895. The van der Waals surface area contributed by atoms with E-state index in [0.29, 0.717) is 13.0 Å². The summed E-state index contributed by atoms with van der Waals surface area (Å²) >= 11 is 0. The molecule has 21 heavy (non-hydrogen) atoms. The van der Waals surface area contributed by atoms with Crippen LogP contribution in [0.4, 0.5) is 5.82 Å². The Morgan fingerprint density at radius 2 is 2.05 bits per heavy atom. The van der Waals surface area contributed by atoms with Gasteiger partial charge < -0.3 is 14.9 Å². The standard InChI is InChI=1S/C15H20N4O2/c1-18-6-8-19(9-7-18)13-4-2-11-10-16-12(15(11)17-13)3-5-14(20)21/h2,4H,3,5-10H2,1H3,(H,20,21). The highest BCUT2D eigenvalue weighted by molar-refractivity contribution is 6.03. The zero-order chi connectivity index (χ0) is 14.8. The number of hydrogen-bond acceptors (Lipinski definition) is 5. The Hall–Kier alpha value is -1.95. The minimum absolute atomic E-state index is 0.110. The van der Waals surface area contributed by atoms with Crippen molar-refractivity contribution in [2.75, 3.05) is 38.1 Å². The van der Waals surface area contributed by atoms with Crippen molar-refractivity contribution in [1.82, 2.24) is 9.88 Å². The number of pyridine rings is 1. The SMILES string of the molecule is CN1CCN(c2ccc3c(n2)C(CCC(=O)O)=NC3)CC1. The van der Waals surface area contributed by atoms with Gasteiger partial charge in [0.25, 0.3) is 0 Å². The van der Waals surface area contributed by atoms with E-state index in [0.717, 1.165) is 49.0 Å². The van der Waals surface area contributed by atoms with Gasteiger partial charge in [-0.3, -0.25) is 9.79 Å². The van der Waals surface area contributed by atoms with Crippen LogP contribution in [0.5, 0.6) is 0 Å². The molecule has 2 aliphatic heterocycles. The summed E-state index contributed by atoms with van der Waals surface area (Å²) in [5, 5.41) is 8.82. The van der Waals surface area contributed by atoms with Crippen LogP contribution in [0.15, 0.2) is 17.1 Å². The Kier molecular flexibility index (Phi) is 3.88. The van der Waals surface area contributed by atoms with Crippen LogP contribution in [0, 0.1) is 0 Å². The molecule has 2 aliphatic rings. The van der Waals surface area contributed by atoms with Gasteiger partial charge in [-0.2, -0.15) is 0 Å². The van der Waals surface area contributed by atoms with E-state index in [-0.39, 0.29) is 6.42 Å². The van der Waals surface area contributed by atoms with Crippen molar-refractivity contribution in [3.63, 3.8) is 0 Å². The summed E-state index contributed by atoms with van der Waals surface area (Å²) in [6, 6.07) is 4.13. The lowest BCUT2D eigenvalue weighted by atomic mass is 10.1. The molecule has 0 saturated carbocycles. The molecule has 0 amide bonds. The molecule has 0 atom stereocenters. The molecule has 6 nitrogen and oxygen atoms in total. The van der Waals surface area contributed by atoms with Gasteiger partial charge in [-0.15, -0.1) is 0 Å². The molecule has 1 saturated heterocycles. The number of aliphatic carboxylic acids is 1. The summed E-state index contributed by atoms with van der Waals surface area (Å²) in [5.41, 5.74) is 2.84. The van der Waals surface area contributed by atoms with E-state index >= 15 is 0 Å². The van der Waals surface area contributed by atoms with Crippen molar-refractivity contribution in [3.05, 3.63) is 23.4 Å². The molecule has 3 rings (SSSR count). The average Bonchev–Trinajstić information content (AvgIpc) is 2.88. The van der Waals surface area contributed by atoms with Crippen LogP contribution in [0.2, 0.25) is 0 Å². The van der Waals surface area contributed by atoms with Crippen LogP contribution in [-0.4, -0.2) is 59.9 Å². The lowest BCUT2D eigenvalue weighted by Gasteiger charge is -2.33. The minimum atomic E-state index is -0.790. The monoisotopic (exact) mass is 288 g/mol. The number of carboxylic acids is 1. The zero-order valence-electron chi connectivity index (χ0n) is 12.2. The highest BCUT2D eigenvalue weighted by atomic mass is 16.4. The average molecular weight is 288 g/mol. The number of fused-ring (bicyclic) bond motifs is 1. The molecule has 1 fully saturated rings. The predicted molar refractivity (Wildman–Crippen MR) is 81.1 cm³/mol. The van der Waals surface area contributed by atoms with Gasteiger partial charge in [0.15, 0.2) is 0 Å². The van der Waals surface area contributed by atoms with Gasteiger partial charge in [-0.1, -0.05) is 6.07 Å². The molecule has 1 aromatic heterocycles. The van der Waals surface area contributed by atoms with E-state index in [1.807, 2.05) is 0 Å². The lowest BCUT2D eigenvalue weighted by molar-refractivity contribution is -0.136. The van der Waals surface area contributed by atoms with E-state index in [4.69, 9.17) is 10.1 Å². The van der Waals surface area contributed by atoms with Crippen LogP contribution < -0.4 is 4.90 Å². The maximum Gasteiger partial charge on any atom is 0.303 e. The van der Waals surface area contributed by atoms with Gasteiger partial charge in [0.05, 0.1) is 24.4 Å². The van der Waals surface area contributed by atoms with E-state index < -0.39 is 5.97 Å². The van der Waals surface area contributed by atoms with Gasteiger partial charge in [0, 0.05) is 38.2 Å². The molecule has 0 aromatic carbocycles. The Morgan fingerprint density at radius 3 is 2.76 bits per heavy atom. The van der Waals surface area contributed by atoms with Gasteiger partial charge in [-0.05, 0) is 13.1 Å². The summed E-state index contributed by atoms with van der Waals surface area (Å²) < 4.78 is 0. The van der Waals surface area contributed by atoms with E-state index in [9.17, 15) is 4.79 Å². The Bertz CT molecular complexity index is 577. The fourth-order valence-corrected chi connectivity index (χ4v) is 2.75. The van der Waals surface area contributed by atoms with Crippen molar-refractivity contribution < 1.29 is 9.90 Å². The van der Waals surface area contributed by atoms with Crippen LogP contribution >= 0.6 is 0 Å². The predicted octanol–water partition coefficient (Wildman–Crippen LogP) is 1.00. The number of hydrogen-bond donors (Lipinski definition) is 1. The third-order valence-electron chi connectivity index (χ3n) is 4.08. The minimum Gasteiger partial charge on any atom is -0.481 e. The van der Waals surface area contributed by atoms with E-state index in [1.54, 1.807) is 0 Å². The number of aromatic nitrogens is 1. The molecule has 0 unspecified atom stereocenters. The molecule has 1 N–H and O–H groups in total. The fraction of sp³-hybridized carbons (Fsp3) is 0.533. The summed E-state index contributed by atoms with van der Waals surface area (Å²) in [4.78, 5) is 24.5. The van der Waals surface area contributed by atoms with Crippen LogP contribution in [0.25, 0.3) is 0 Å². The molecule has 3 heterocycles. The summed E-state index contributed by atoms with van der Waals surface area (Å²) in [7, 11) is 2.13. The summed E-state index contributed by atoms with van der Waals surface area (Å²) in [6.45, 7) is 4.66. The van der Waals surface area contributed by atoms with Crippen LogP contribution in [0.3, 0.4) is 0 Å². The highest BCUT2D eigenvalue weighted by Crippen LogP contribution is 2.23. The number of rotatable bonds is 4. The first-order valence-corrected chi connectivity index (χ1v) is 7.32. The molecule has 0 aliphatic carbocycles. The molecule has 6 heteroatoms. The number of aliphatic imine (C=N–C) groups is 1. The molecule has 112 valence electrons. The Labute approximate surface area is 124 Å². The third-order valence-corrected chi connectivity index (χ3v) is 4.08. The number of carbonyl (C=O) groups is 1. The van der Waals surface area contributed by atoms with Crippen LogP contribution in [-0.2, 0) is 11.3 Å². The summed E-state index contributed by atoms with van der Waals surface area (Å²) in [6.07, 6.45) is 0.570. The lowest BCUT2D eigenvalue weighted by Crippen LogP contribution is -2.44. The van der Waals surface area contributed by atoms with E-state index in [2.05, 4.69) is 34.0 Å². The van der Waals surface area contributed by atoms with Crippen molar-refractivity contribution in [1.29, 1.82) is 0 Å². The van der Waals surface area contributed by atoms with Crippen LogP contribution in [0.1, 0.15) is 24.1 Å². The van der Waals surface area contributed by atoms with Crippen molar-refractivity contribution in [2.45, 2.75) is 19.4 Å². The largest absolute Gasteiger partial charge is 0.481 e. The third kappa shape index (κ3) is 3.05. The van der Waals surface area contributed by atoms with Gasteiger partial charge >= 0.3 is 5.97 Å². The first kappa shape index (κ1) is 14.0. The number of carboxylic acid groups (broad SMARTS) is 1. The van der Waals surface area contributed by atoms with Crippen molar-refractivity contribution in [2.24, 2.45) is 4.99 Å². The van der Waals surface area contributed by atoms with Gasteiger partial charge in [-0.25, -0.2) is 4.98 Å². The van der Waals surface area contributed by atoms with Gasteiger partial charge in [0.1, 0.15) is 5.82 Å². The molecule has 0 spiro atoms. The zero-order valence-corrected chi connectivity index (χ0v) is 12.2. The number of piperazine rings is 1. The molecule has 0 bridgehead atoms. The number of likely N-dealkylation sites (N-methyl/N-ethyl adjacent to an activating group) is 1. The first-order chi connectivity index (χ1) is 10.1. The number of anilines is 1. The normalized spacial score (nSPS) is 18.5. The first-order valence-electron chi connectivity index (χ1n) is 7.32. The maximum atomic E-state index is 10.7. The molecule has 1 aromatic rings. The van der Waals surface area contributed by atoms with Gasteiger partial charge in [0.2, 0.25) is 0 Å². The Balaban J connectivity index is 1.76. The van der Waals surface area contributed by atoms with Crippen molar-refractivity contribution >= 4 is 17.5 Å². The smallest absolute Gasteiger partial charge is 0.303 e. The highest BCUT2D eigenvalue weighted by Gasteiger charge is 2.21. The van der Waals surface area contributed by atoms with Crippen molar-refractivity contribution in [3.8, 4) is 0 Å². The fourth-order valence-electron chi connectivity index (χ4n) is 2.75. The van der Waals surface area contributed by atoms with E-state index in [1.165, 1.54) is 0 Å².